The maximum Gasteiger partial charge on any atom is 0.287 e. The number of hydrogen-bond acceptors (Lipinski definition) is 4. The van der Waals surface area contributed by atoms with Gasteiger partial charge < -0.3 is 15.5 Å². The molecule has 0 radical (unpaired) electrons. The zero-order valence-electron chi connectivity index (χ0n) is 15.8. The summed E-state index contributed by atoms with van der Waals surface area (Å²) in [5.41, 5.74) is 11.6. The number of rotatable bonds is 4. The Morgan fingerprint density at radius 1 is 1.30 bits per heavy atom. The van der Waals surface area contributed by atoms with E-state index in [4.69, 9.17) is 22.4 Å². The Morgan fingerprint density at radius 3 is 2.67 bits per heavy atom. The lowest BCUT2D eigenvalue weighted by Crippen LogP contribution is -2.31. The Labute approximate surface area is 164 Å². The highest BCUT2D eigenvalue weighted by Gasteiger charge is 2.36. The zero-order valence-corrected chi connectivity index (χ0v) is 16.6. The Hall–Kier alpha value is -2.67. The molecule has 2 aromatic rings. The molecule has 1 amide bonds. The molecule has 0 fully saturated rings. The molecule has 0 unspecified atom stereocenters. The molecule has 27 heavy (non-hydrogen) atoms. The van der Waals surface area contributed by atoms with Crippen molar-refractivity contribution in [3.63, 3.8) is 0 Å². The zero-order chi connectivity index (χ0) is 19.6. The molecular weight excluding hydrogens is 360 g/mol. The van der Waals surface area contributed by atoms with Crippen LogP contribution in [0, 0.1) is 12.3 Å². The second-order valence-electron chi connectivity index (χ2n) is 7.57. The minimum Gasteiger partial charge on any atom is -0.455 e. The third-order valence-electron chi connectivity index (χ3n) is 4.60. The van der Waals surface area contributed by atoms with Crippen molar-refractivity contribution in [1.82, 2.24) is 10.7 Å². The number of fused-ring (bicyclic) bond motifs is 1. The van der Waals surface area contributed by atoms with Gasteiger partial charge in [0.1, 0.15) is 5.76 Å². The predicted octanol–water partition coefficient (Wildman–Crippen LogP) is 3.03. The molecular formula is C20H24N4O2S. The molecule has 1 aliphatic carbocycles. The van der Waals surface area contributed by atoms with Gasteiger partial charge in [0.15, 0.2) is 10.9 Å². The summed E-state index contributed by atoms with van der Waals surface area (Å²) < 4.78 is 5.98. The summed E-state index contributed by atoms with van der Waals surface area (Å²) in [7, 11) is 0. The van der Waals surface area contributed by atoms with E-state index in [1.54, 1.807) is 0 Å². The first kappa shape index (κ1) is 19.1. The summed E-state index contributed by atoms with van der Waals surface area (Å²) in [6, 6.07) is 9.76. The smallest absolute Gasteiger partial charge is 0.287 e. The number of nitrogens with one attached hydrogen (secondary N) is 2. The molecule has 0 spiro atoms. The maximum atomic E-state index is 12.7. The fraction of sp³-hybridized carbons (Fsp3) is 0.350. The highest BCUT2D eigenvalue weighted by Crippen LogP contribution is 2.38. The molecule has 0 atom stereocenters. The molecule has 0 bridgehead atoms. The van der Waals surface area contributed by atoms with Crippen LogP contribution in [0.1, 0.15) is 53.3 Å². The van der Waals surface area contributed by atoms with E-state index < -0.39 is 0 Å². The van der Waals surface area contributed by atoms with Crippen molar-refractivity contribution in [2.24, 2.45) is 16.3 Å². The molecule has 4 N–H and O–H groups in total. The monoisotopic (exact) mass is 384 g/mol. The average molecular weight is 385 g/mol. The van der Waals surface area contributed by atoms with E-state index in [-0.39, 0.29) is 16.4 Å². The predicted molar refractivity (Wildman–Crippen MR) is 110 cm³/mol. The first-order valence-electron chi connectivity index (χ1n) is 8.83. The van der Waals surface area contributed by atoms with Crippen molar-refractivity contribution in [3.05, 3.63) is 58.5 Å². The van der Waals surface area contributed by atoms with Gasteiger partial charge in [-0.15, -0.1) is 0 Å². The van der Waals surface area contributed by atoms with Crippen molar-refractivity contribution >= 4 is 28.9 Å². The van der Waals surface area contributed by atoms with Crippen LogP contribution in [-0.4, -0.2) is 16.7 Å². The molecule has 6 nitrogen and oxygen atoms in total. The van der Waals surface area contributed by atoms with Crippen molar-refractivity contribution < 1.29 is 9.21 Å². The lowest BCUT2D eigenvalue weighted by atomic mass is 9.75. The van der Waals surface area contributed by atoms with Crippen molar-refractivity contribution in [2.75, 3.05) is 0 Å². The number of benzene rings is 1. The van der Waals surface area contributed by atoms with E-state index in [1.807, 2.05) is 37.3 Å². The van der Waals surface area contributed by atoms with Gasteiger partial charge in [0, 0.05) is 24.1 Å². The minimum atomic E-state index is -0.231. The quantitative estimate of drug-likeness (QED) is 0.557. The Balaban J connectivity index is 1.88. The summed E-state index contributed by atoms with van der Waals surface area (Å²) in [6.45, 7) is 6.60. The minimum absolute atomic E-state index is 0.0359. The van der Waals surface area contributed by atoms with Gasteiger partial charge in [-0.05, 0) is 36.5 Å². The van der Waals surface area contributed by atoms with E-state index >= 15 is 0 Å². The van der Waals surface area contributed by atoms with E-state index in [2.05, 4.69) is 29.7 Å². The first-order chi connectivity index (χ1) is 12.8. The van der Waals surface area contributed by atoms with Crippen LogP contribution < -0.4 is 16.5 Å². The number of amides is 1. The van der Waals surface area contributed by atoms with Gasteiger partial charge in [-0.1, -0.05) is 44.2 Å². The number of hydrogen-bond donors (Lipinski definition) is 3. The first-order valence-corrected chi connectivity index (χ1v) is 9.24. The highest BCUT2D eigenvalue weighted by molar-refractivity contribution is 7.80. The van der Waals surface area contributed by atoms with Gasteiger partial charge in [-0.2, -0.15) is 5.10 Å². The molecule has 1 aromatic heterocycles. The van der Waals surface area contributed by atoms with Crippen LogP contribution >= 0.6 is 12.2 Å². The maximum absolute atomic E-state index is 12.7. The van der Waals surface area contributed by atoms with Crippen molar-refractivity contribution in [2.45, 2.75) is 40.2 Å². The molecule has 1 aromatic carbocycles. The van der Waals surface area contributed by atoms with Gasteiger partial charge in [-0.25, -0.2) is 0 Å². The van der Waals surface area contributed by atoms with E-state index in [0.717, 1.165) is 41.0 Å². The van der Waals surface area contributed by atoms with Crippen LogP contribution in [0.5, 0.6) is 0 Å². The van der Waals surface area contributed by atoms with Crippen LogP contribution in [0.25, 0.3) is 0 Å². The number of nitrogens with zero attached hydrogens (tertiary/aromatic N) is 1. The van der Waals surface area contributed by atoms with Crippen molar-refractivity contribution in [1.29, 1.82) is 0 Å². The normalized spacial score (nSPS) is 16.6. The Bertz CT molecular complexity index is 900. The third kappa shape index (κ3) is 4.36. The topological polar surface area (TPSA) is 92.6 Å². The number of furan rings is 1. The van der Waals surface area contributed by atoms with Gasteiger partial charge in [0.05, 0.1) is 5.71 Å². The van der Waals surface area contributed by atoms with E-state index in [1.165, 1.54) is 0 Å². The van der Waals surface area contributed by atoms with Crippen molar-refractivity contribution in [3.8, 4) is 0 Å². The van der Waals surface area contributed by atoms with E-state index in [0.29, 0.717) is 12.3 Å². The van der Waals surface area contributed by atoms with Gasteiger partial charge >= 0.3 is 0 Å². The molecule has 142 valence electrons. The fourth-order valence-corrected chi connectivity index (χ4v) is 3.45. The lowest BCUT2D eigenvalue weighted by Gasteiger charge is -2.29. The molecule has 7 heteroatoms. The molecule has 0 aliphatic heterocycles. The Morgan fingerprint density at radius 2 is 2.00 bits per heavy atom. The van der Waals surface area contributed by atoms with Crippen LogP contribution in [-0.2, 0) is 13.0 Å². The summed E-state index contributed by atoms with van der Waals surface area (Å²) in [5, 5.41) is 7.38. The van der Waals surface area contributed by atoms with Gasteiger partial charge in [-0.3, -0.25) is 10.2 Å². The number of carbonyl (C=O) groups is 1. The molecule has 1 aliphatic rings. The number of nitrogens with two attached hydrogens (primary N) is 1. The second kappa shape index (κ2) is 7.52. The summed E-state index contributed by atoms with van der Waals surface area (Å²) in [6.07, 6.45) is 1.47. The molecule has 0 saturated heterocycles. The van der Waals surface area contributed by atoms with Crippen LogP contribution in [0.15, 0.2) is 39.9 Å². The second-order valence-corrected chi connectivity index (χ2v) is 8.01. The van der Waals surface area contributed by atoms with Crippen LogP contribution in [0.4, 0.5) is 0 Å². The SMILES string of the molecule is Cc1c(C(=O)NCc2ccccc2)oc2c1/C(=N\NC(N)=S)CC(C)(C)C2. The largest absolute Gasteiger partial charge is 0.455 e. The number of hydrazone groups is 1. The lowest BCUT2D eigenvalue weighted by molar-refractivity contribution is 0.0919. The average Bonchev–Trinajstić information content (AvgIpc) is 2.93. The van der Waals surface area contributed by atoms with Gasteiger partial charge in [0.2, 0.25) is 0 Å². The molecule has 0 saturated carbocycles. The summed E-state index contributed by atoms with van der Waals surface area (Å²) in [5.74, 6) is 0.874. The highest BCUT2D eigenvalue weighted by atomic mass is 32.1. The fourth-order valence-electron chi connectivity index (χ4n) is 3.41. The third-order valence-corrected chi connectivity index (χ3v) is 4.69. The van der Waals surface area contributed by atoms with Gasteiger partial charge in [0.25, 0.3) is 5.91 Å². The standard InChI is InChI=1S/C20H24N4O2S/c1-12-16-14(23-24-19(21)27)9-20(2,3)10-15(16)26-17(12)18(25)22-11-13-7-5-4-6-8-13/h4-8H,9-11H2,1-3H3,(H,22,25)(H3,21,24,27)/b23-14-. The van der Waals surface area contributed by atoms with Crippen LogP contribution in [0.3, 0.4) is 0 Å². The van der Waals surface area contributed by atoms with E-state index in [9.17, 15) is 4.79 Å². The molecule has 3 rings (SSSR count). The Kier molecular flexibility index (Phi) is 5.32. The number of carbonyl (C=O) groups excluding carboxylic acids is 1. The van der Waals surface area contributed by atoms with Crippen LogP contribution in [0.2, 0.25) is 0 Å². The number of thiocarbonyl (C=S) groups is 1. The summed E-state index contributed by atoms with van der Waals surface area (Å²) in [4.78, 5) is 12.7. The molecule has 1 heterocycles. The summed E-state index contributed by atoms with van der Waals surface area (Å²) >= 11 is 4.85.